The van der Waals surface area contributed by atoms with Gasteiger partial charge >= 0.3 is 0 Å². The van der Waals surface area contributed by atoms with Gasteiger partial charge in [-0.25, -0.2) is 0 Å². The zero-order valence-electron chi connectivity index (χ0n) is 11.6. The Morgan fingerprint density at radius 2 is 1.53 bits per heavy atom. The number of rotatable bonds is 5. The standard InChI is InChI=1S/C17H21NS/c1-3-13-4-6-14(7-5-13)12-17(18)15-8-10-16(19-2)11-9-15/h4-11,17H,3,12,18H2,1-2H3. The lowest BCUT2D eigenvalue weighted by Gasteiger charge is -2.13. The molecule has 2 rings (SSSR count). The summed E-state index contributed by atoms with van der Waals surface area (Å²) in [5, 5.41) is 0. The van der Waals surface area contributed by atoms with E-state index in [0.717, 1.165) is 12.8 Å². The average Bonchev–Trinajstić information content (AvgIpc) is 2.48. The van der Waals surface area contributed by atoms with Gasteiger partial charge in [-0.3, -0.25) is 0 Å². The molecule has 0 fully saturated rings. The summed E-state index contributed by atoms with van der Waals surface area (Å²) in [4.78, 5) is 1.28. The first-order valence-electron chi connectivity index (χ1n) is 6.70. The molecule has 2 N–H and O–H groups in total. The van der Waals surface area contributed by atoms with Gasteiger partial charge in [0.1, 0.15) is 0 Å². The highest BCUT2D eigenvalue weighted by atomic mass is 32.2. The molecule has 0 saturated carbocycles. The van der Waals surface area contributed by atoms with Gasteiger partial charge in [0.05, 0.1) is 0 Å². The van der Waals surface area contributed by atoms with Crippen LogP contribution in [0.2, 0.25) is 0 Å². The molecular formula is C17H21NS. The van der Waals surface area contributed by atoms with Gasteiger partial charge in [0.25, 0.3) is 0 Å². The van der Waals surface area contributed by atoms with E-state index < -0.39 is 0 Å². The van der Waals surface area contributed by atoms with E-state index in [4.69, 9.17) is 5.73 Å². The van der Waals surface area contributed by atoms with Crippen molar-refractivity contribution in [2.45, 2.75) is 30.7 Å². The van der Waals surface area contributed by atoms with E-state index in [-0.39, 0.29) is 6.04 Å². The van der Waals surface area contributed by atoms with E-state index in [9.17, 15) is 0 Å². The third-order valence-electron chi connectivity index (χ3n) is 3.43. The van der Waals surface area contributed by atoms with Crippen molar-refractivity contribution in [3.05, 3.63) is 65.2 Å². The maximum Gasteiger partial charge on any atom is 0.0335 e. The summed E-state index contributed by atoms with van der Waals surface area (Å²) in [6.07, 6.45) is 4.06. The number of thioether (sulfide) groups is 1. The largest absolute Gasteiger partial charge is 0.324 e. The third kappa shape index (κ3) is 3.85. The van der Waals surface area contributed by atoms with Gasteiger partial charge in [0.15, 0.2) is 0 Å². The van der Waals surface area contributed by atoms with Crippen LogP contribution < -0.4 is 5.73 Å². The highest BCUT2D eigenvalue weighted by Crippen LogP contribution is 2.20. The molecule has 0 bridgehead atoms. The summed E-state index contributed by atoms with van der Waals surface area (Å²) in [7, 11) is 0. The van der Waals surface area contributed by atoms with Crippen molar-refractivity contribution < 1.29 is 0 Å². The van der Waals surface area contributed by atoms with Crippen molar-refractivity contribution in [2.75, 3.05) is 6.26 Å². The predicted octanol–water partition coefficient (Wildman–Crippen LogP) is 4.21. The van der Waals surface area contributed by atoms with Crippen LogP contribution in [0.1, 0.15) is 29.7 Å². The van der Waals surface area contributed by atoms with E-state index in [0.29, 0.717) is 0 Å². The van der Waals surface area contributed by atoms with Crippen molar-refractivity contribution in [2.24, 2.45) is 5.73 Å². The van der Waals surface area contributed by atoms with E-state index in [1.165, 1.54) is 21.6 Å². The van der Waals surface area contributed by atoms with Gasteiger partial charge in [-0.15, -0.1) is 11.8 Å². The van der Waals surface area contributed by atoms with Gasteiger partial charge in [0, 0.05) is 10.9 Å². The summed E-state index contributed by atoms with van der Waals surface area (Å²) in [5.74, 6) is 0. The Morgan fingerprint density at radius 1 is 0.947 bits per heavy atom. The molecule has 2 aromatic rings. The number of hydrogen-bond acceptors (Lipinski definition) is 2. The second-order valence-corrected chi connectivity index (χ2v) is 5.63. The molecular weight excluding hydrogens is 250 g/mol. The lowest BCUT2D eigenvalue weighted by Crippen LogP contribution is -2.13. The smallest absolute Gasteiger partial charge is 0.0335 e. The molecule has 0 aliphatic rings. The molecule has 0 spiro atoms. The SMILES string of the molecule is CCc1ccc(CC(N)c2ccc(SC)cc2)cc1. The molecule has 1 nitrogen and oxygen atoms in total. The molecule has 0 amide bonds. The van der Waals surface area contributed by atoms with Crippen LogP contribution in [0.25, 0.3) is 0 Å². The van der Waals surface area contributed by atoms with Crippen LogP contribution in [0.3, 0.4) is 0 Å². The fraction of sp³-hybridized carbons (Fsp3) is 0.294. The van der Waals surface area contributed by atoms with E-state index in [2.05, 4.69) is 61.7 Å². The summed E-state index contributed by atoms with van der Waals surface area (Å²) in [6.45, 7) is 2.17. The molecule has 0 saturated heterocycles. The van der Waals surface area contributed by atoms with Crippen LogP contribution in [-0.4, -0.2) is 6.26 Å². The molecule has 0 radical (unpaired) electrons. The Balaban J connectivity index is 2.04. The number of hydrogen-bond donors (Lipinski definition) is 1. The Morgan fingerprint density at radius 3 is 2.05 bits per heavy atom. The number of aryl methyl sites for hydroxylation is 1. The van der Waals surface area contributed by atoms with Crippen LogP contribution in [0.4, 0.5) is 0 Å². The Bertz CT molecular complexity index is 502. The monoisotopic (exact) mass is 271 g/mol. The molecule has 0 heterocycles. The van der Waals surface area contributed by atoms with Crippen LogP contribution in [0.15, 0.2) is 53.4 Å². The van der Waals surface area contributed by atoms with Gasteiger partial charge in [-0.1, -0.05) is 43.3 Å². The fourth-order valence-electron chi connectivity index (χ4n) is 2.13. The third-order valence-corrected chi connectivity index (χ3v) is 4.17. The topological polar surface area (TPSA) is 26.0 Å². The van der Waals surface area contributed by atoms with Gasteiger partial charge < -0.3 is 5.73 Å². The molecule has 2 aromatic carbocycles. The van der Waals surface area contributed by atoms with Crippen molar-refractivity contribution in [1.29, 1.82) is 0 Å². The highest BCUT2D eigenvalue weighted by Gasteiger charge is 2.07. The minimum Gasteiger partial charge on any atom is -0.324 e. The normalized spacial score (nSPS) is 12.4. The van der Waals surface area contributed by atoms with E-state index in [1.54, 1.807) is 11.8 Å². The Kier molecular flexibility index (Phi) is 5.06. The molecule has 1 unspecified atom stereocenters. The molecule has 0 aliphatic carbocycles. The minimum absolute atomic E-state index is 0.0726. The van der Waals surface area contributed by atoms with Gasteiger partial charge in [-0.2, -0.15) is 0 Å². The highest BCUT2D eigenvalue weighted by molar-refractivity contribution is 7.98. The predicted molar refractivity (Wildman–Crippen MR) is 84.7 cm³/mol. The molecule has 0 aliphatic heterocycles. The summed E-state index contributed by atoms with van der Waals surface area (Å²) in [5.41, 5.74) is 10.2. The second-order valence-electron chi connectivity index (χ2n) is 4.75. The lowest BCUT2D eigenvalue weighted by atomic mass is 9.99. The Hall–Kier alpha value is -1.25. The van der Waals surface area contributed by atoms with Crippen molar-refractivity contribution in [1.82, 2.24) is 0 Å². The molecule has 0 aromatic heterocycles. The maximum absolute atomic E-state index is 6.28. The average molecular weight is 271 g/mol. The zero-order valence-corrected chi connectivity index (χ0v) is 12.4. The zero-order chi connectivity index (χ0) is 13.7. The first-order valence-corrected chi connectivity index (χ1v) is 7.92. The minimum atomic E-state index is 0.0726. The molecule has 19 heavy (non-hydrogen) atoms. The van der Waals surface area contributed by atoms with Crippen LogP contribution >= 0.6 is 11.8 Å². The lowest BCUT2D eigenvalue weighted by molar-refractivity contribution is 0.721. The quantitative estimate of drug-likeness (QED) is 0.824. The maximum atomic E-state index is 6.28. The summed E-state index contributed by atoms with van der Waals surface area (Å²) < 4.78 is 0. The van der Waals surface area contributed by atoms with E-state index >= 15 is 0 Å². The summed E-state index contributed by atoms with van der Waals surface area (Å²) in [6, 6.07) is 17.4. The van der Waals surface area contributed by atoms with Crippen LogP contribution in [0, 0.1) is 0 Å². The number of benzene rings is 2. The van der Waals surface area contributed by atoms with Crippen molar-refractivity contribution >= 4 is 11.8 Å². The Labute approximate surface area is 120 Å². The first-order chi connectivity index (χ1) is 9.22. The molecule has 100 valence electrons. The fourth-order valence-corrected chi connectivity index (χ4v) is 2.54. The van der Waals surface area contributed by atoms with Crippen LogP contribution in [0.5, 0.6) is 0 Å². The molecule has 2 heteroatoms. The van der Waals surface area contributed by atoms with Crippen molar-refractivity contribution in [3.63, 3.8) is 0 Å². The van der Waals surface area contributed by atoms with E-state index in [1.807, 2.05) is 0 Å². The van der Waals surface area contributed by atoms with Crippen LogP contribution in [-0.2, 0) is 12.8 Å². The second kappa shape index (κ2) is 6.78. The molecule has 1 atom stereocenters. The van der Waals surface area contributed by atoms with Gasteiger partial charge in [-0.05, 0) is 47.9 Å². The first kappa shape index (κ1) is 14.2. The number of nitrogens with two attached hydrogens (primary N) is 1. The van der Waals surface area contributed by atoms with Crippen molar-refractivity contribution in [3.8, 4) is 0 Å². The summed E-state index contributed by atoms with van der Waals surface area (Å²) >= 11 is 1.76. The van der Waals surface area contributed by atoms with Gasteiger partial charge in [0.2, 0.25) is 0 Å².